The third-order valence-corrected chi connectivity index (χ3v) is 2.24. The van der Waals surface area contributed by atoms with Gasteiger partial charge in [-0.05, 0) is 28.7 Å². The van der Waals surface area contributed by atoms with Gasteiger partial charge in [0.2, 0.25) is 0 Å². The van der Waals surface area contributed by atoms with E-state index in [1.165, 1.54) is 0 Å². The summed E-state index contributed by atoms with van der Waals surface area (Å²) in [6.07, 6.45) is -2.87. The lowest BCUT2D eigenvalue weighted by Crippen LogP contribution is -2.02. The molecule has 0 saturated carbocycles. The smallest absolute Gasteiger partial charge is 0.244 e. The quantitative estimate of drug-likeness (QED) is 0.622. The Labute approximate surface area is 98.5 Å². The first-order valence-electron chi connectivity index (χ1n) is 3.84. The first-order chi connectivity index (χ1) is 7.10. The fourth-order valence-corrected chi connectivity index (χ4v) is 1.71. The molecule has 3 nitrogen and oxygen atoms in total. The van der Waals surface area contributed by atoms with Gasteiger partial charge in [-0.2, -0.15) is 10.5 Å². The van der Waals surface area contributed by atoms with Crippen LogP contribution >= 0.6 is 22.6 Å². The molecule has 0 bridgehead atoms. The van der Waals surface area contributed by atoms with Crippen molar-refractivity contribution in [3.05, 3.63) is 26.6 Å². The molecule has 0 unspecified atom stereocenters. The number of nitrogens with zero attached hydrogens (tertiary/aromatic N) is 3. The molecule has 15 heavy (non-hydrogen) atoms. The standard InChI is InChI=1S/C9H4F2IN3/c10-9(11)5-3-8(12)15-7(1-2-13)6(5)4-14/h3,9H,1H2. The predicted octanol–water partition coefficient (Wildman–Crippen LogP) is 2.56. The molecule has 0 spiro atoms. The highest BCUT2D eigenvalue weighted by atomic mass is 127. The molecule has 0 aliphatic heterocycles. The van der Waals surface area contributed by atoms with Crippen LogP contribution in [0.1, 0.15) is 23.2 Å². The molecule has 0 N–H and O–H groups in total. The topological polar surface area (TPSA) is 60.5 Å². The zero-order valence-electron chi connectivity index (χ0n) is 7.34. The van der Waals surface area contributed by atoms with E-state index in [0.29, 0.717) is 3.70 Å². The van der Waals surface area contributed by atoms with Crippen molar-refractivity contribution in [2.75, 3.05) is 0 Å². The third kappa shape index (κ3) is 2.60. The molecule has 0 fully saturated rings. The summed E-state index contributed by atoms with van der Waals surface area (Å²) in [4.78, 5) is 3.89. The molecule has 0 saturated heterocycles. The average Bonchev–Trinajstić information content (AvgIpc) is 2.17. The monoisotopic (exact) mass is 319 g/mol. The van der Waals surface area contributed by atoms with Crippen molar-refractivity contribution in [1.29, 1.82) is 10.5 Å². The Morgan fingerprint density at radius 1 is 1.47 bits per heavy atom. The largest absolute Gasteiger partial charge is 0.265 e. The summed E-state index contributed by atoms with van der Waals surface area (Å²) in [6, 6.07) is 4.61. The minimum Gasteiger partial charge on any atom is -0.244 e. The minimum absolute atomic E-state index is 0.113. The maximum Gasteiger partial charge on any atom is 0.265 e. The van der Waals surface area contributed by atoms with Gasteiger partial charge in [-0.1, -0.05) is 0 Å². The van der Waals surface area contributed by atoms with Gasteiger partial charge in [-0.3, -0.25) is 0 Å². The van der Waals surface area contributed by atoms with E-state index in [4.69, 9.17) is 10.5 Å². The Kier molecular flexibility index (Phi) is 3.92. The summed E-state index contributed by atoms with van der Waals surface area (Å²) in [5.74, 6) is 0. The fraction of sp³-hybridized carbons (Fsp3) is 0.222. The van der Waals surface area contributed by atoms with Crippen LogP contribution < -0.4 is 0 Å². The first kappa shape index (κ1) is 11.8. The summed E-state index contributed by atoms with van der Waals surface area (Å²) in [5.41, 5.74) is -0.434. The molecule has 0 aliphatic carbocycles. The Hall–Kier alpha value is -1.28. The maximum absolute atomic E-state index is 12.5. The highest BCUT2D eigenvalue weighted by Gasteiger charge is 2.18. The van der Waals surface area contributed by atoms with Crippen molar-refractivity contribution >= 4 is 22.6 Å². The van der Waals surface area contributed by atoms with Gasteiger partial charge < -0.3 is 0 Å². The van der Waals surface area contributed by atoms with Gasteiger partial charge in [-0.15, -0.1) is 0 Å². The minimum atomic E-state index is -2.73. The highest BCUT2D eigenvalue weighted by molar-refractivity contribution is 14.1. The first-order valence-corrected chi connectivity index (χ1v) is 4.92. The van der Waals surface area contributed by atoms with Crippen molar-refractivity contribution in [1.82, 2.24) is 4.98 Å². The molecule has 0 amide bonds. The van der Waals surface area contributed by atoms with Gasteiger partial charge in [0, 0.05) is 5.56 Å². The second-order valence-corrected chi connectivity index (χ2v) is 3.71. The van der Waals surface area contributed by atoms with Crippen LogP contribution in [0, 0.1) is 26.4 Å². The third-order valence-electron chi connectivity index (χ3n) is 1.69. The van der Waals surface area contributed by atoms with Crippen LogP contribution in [-0.4, -0.2) is 4.98 Å². The molecule has 1 aromatic rings. The van der Waals surface area contributed by atoms with Crippen LogP contribution in [-0.2, 0) is 6.42 Å². The zero-order valence-corrected chi connectivity index (χ0v) is 9.49. The van der Waals surface area contributed by atoms with E-state index in [-0.39, 0.29) is 23.2 Å². The van der Waals surface area contributed by atoms with Crippen molar-refractivity contribution in [3.8, 4) is 12.1 Å². The molecule has 6 heteroatoms. The summed E-state index contributed by atoms with van der Waals surface area (Å²) in [5, 5.41) is 17.2. The number of rotatable bonds is 2. The van der Waals surface area contributed by atoms with Gasteiger partial charge in [0.25, 0.3) is 6.43 Å². The number of hydrogen-bond donors (Lipinski definition) is 0. The molecule has 76 valence electrons. The summed E-state index contributed by atoms with van der Waals surface area (Å²) in [7, 11) is 0. The van der Waals surface area contributed by atoms with Crippen LogP contribution in [0.15, 0.2) is 6.07 Å². The zero-order chi connectivity index (χ0) is 11.4. The van der Waals surface area contributed by atoms with E-state index in [0.717, 1.165) is 6.07 Å². The summed E-state index contributed by atoms with van der Waals surface area (Å²) in [6.45, 7) is 0. The SMILES string of the molecule is N#CCc1nc(I)cc(C(F)F)c1C#N. The van der Waals surface area contributed by atoms with E-state index in [9.17, 15) is 8.78 Å². The molecule has 0 aliphatic rings. The fourth-order valence-electron chi connectivity index (χ4n) is 1.09. The van der Waals surface area contributed by atoms with Crippen molar-refractivity contribution in [3.63, 3.8) is 0 Å². The Morgan fingerprint density at radius 2 is 2.13 bits per heavy atom. The summed E-state index contributed by atoms with van der Waals surface area (Å²) < 4.78 is 25.5. The van der Waals surface area contributed by atoms with Crippen molar-refractivity contribution < 1.29 is 8.78 Å². The number of halogens is 3. The Bertz CT molecular complexity index is 460. The molecule has 1 aromatic heterocycles. The number of nitriles is 2. The Balaban J connectivity index is 3.41. The van der Waals surface area contributed by atoms with Gasteiger partial charge in [0.05, 0.1) is 23.7 Å². The van der Waals surface area contributed by atoms with E-state index in [2.05, 4.69) is 4.98 Å². The maximum atomic E-state index is 12.5. The average molecular weight is 319 g/mol. The molecule has 0 atom stereocenters. The molecule has 1 rings (SSSR count). The number of pyridine rings is 1. The Morgan fingerprint density at radius 3 is 2.60 bits per heavy atom. The van der Waals surface area contributed by atoms with Crippen LogP contribution in [0.4, 0.5) is 8.78 Å². The van der Waals surface area contributed by atoms with Gasteiger partial charge in [0.1, 0.15) is 9.77 Å². The van der Waals surface area contributed by atoms with Crippen LogP contribution in [0.25, 0.3) is 0 Å². The molecule has 0 radical (unpaired) electrons. The highest BCUT2D eigenvalue weighted by Crippen LogP contribution is 2.25. The molecular formula is C9H4F2IN3. The summed E-state index contributed by atoms with van der Waals surface area (Å²) >= 11 is 1.77. The van der Waals surface area contributed by atoms with E-state index in [1.807, 2.05) is 0 Å². The van der Waals surface area contributed by atoms with Crippen LogP contribution in [0.3, 0.4) is 0 Å². The van der Waals surface area contributed by atoms with Crippen LogP contribution in [0.2, 0.25) is 0 Å². The number of aromatic nitrogens is 1. The van der Waals surface area contributed by atoms with Crippen LogP contribution in [0.5, 0.6) is 0 Å². The molecule has 0 aromatic carbocycles. The van der Waals surface area contributed by atoms with Gasteiger partial charge in [-0.25, -0.2) is 13.8 Å². The van der Waals surface area contributed by atoms with Gasteiger partial charge in [0.15, 0.2) is 0 Å². The van der Waals surface area contributed by atoms with E-state index >= 15 is 0 Å². The van der Waals surface area contributed by atoms with Crippen molar-refractivity contribution in [2.24, 2.45) is 0 Å². The lowest BCUT2D eigenvalue weighted by Gasteiger charge is -2.06. The van der Waals surface area contributed by atoms with Gasteiger partial charge >= 0.3 is 0 Å². The van der Waals surface area contributed by atoms with Crippen molar-refractivity contribution in [2.45, 2.75) is 12.8 Å². The number of hydrogen-bond acceptors (Lipinski definition) is 3. The lowest BCUT2D eigenvalue weighted by atomic mass is 10.1. The second kappa shape index (κ2) is 4.99. The lowest BCUT2D eigenvalue weighted by molar-refractivity contribution is 0.150. The second-order valence-electron chi connectivity index (χ2n) is 2.60. The number of alkyl halides is 2. The normalized spacial score (nSPS) is 9.73. The predicted molar refractivity (Wildman–Crippen MR) is 55.9 cm³/mol. The molecule has 1 heterocycles. The van der Waals surface area contributed by atoms with E-state index < -0.39 is 6.43 Å². The van der Waals surface area contributed by atoms with E-state index in [1.54, 1.807) is 34.7 Å². The molecular weight excluding hydrogens is 315 g/mol.